The number of rotatable bonds is 8. The van der Waals surface area contributed by atoms with Gasteiger partial charge in [-0.25, -0.2) is 12.7 Å². The van der Waals surface area contributed by atoms with Gasteiger partial charge in [-0.3, -0.25) is 0 Å². The van der Waals surface area contributed by atoms with Gasteiger partial charge in [0.1, 0.15) is 0 Å². The zero-order valence-corrected chi connectivity index (χ0v) is 15.0. The normalized spacial score (nSPS) is 25.5. The minimum atomic E-state index is -3.04. The highest BCUT2D eigenvalue weighted by molar-refractivity contribution is 7.88. The van der Waals surface area contributed by atoms with Crippen molar-refractivity contribution >= 4 is 10.0 Å². The summed E-state index contributed by atoms with van der Waals surface area (Å²) in [7, 11) is -1.38. The summed E-state index contributed by atoms with van der Waals surface area (Å²) >= 11 is 0. The van der Waals surface area contributed by atoms with E-state index in [2.05, 4.69) is 35.2 Å². The molecule has 23 heavy (non-hydrogen) atoms. The molecule has 128 valence electrons. The van der Waals surface area contributed by atoms with E-state index in [-0.39, 0.29) is 0 Å². The molecule has 1 saturated heterocycles. The van der Waals surface area contributed by atoms with Crippen molar-refractivity contribution in [1.29, 1.82) is 0 Å². The second kappa shape index (κ2) is 6.91. The first-order valence-corrected chi connectivity index (χ1v) is 10.5. The van der Waals surface area contributed by atoms with Gasteiger partial charge in [0.05, 0.1) is 6.26 Å². The molecule has 1 heterocycles. The predicted molar refractivity (Wildman–Crippen MR) is 93.9 cm³/mol. The van der Waals surface area contributed by atoms with Crippen LogP contribution < -0.4 is 0 Å². The maximum absolute atomic E-state index is 11.4. The molecule has 0 aromatic heterocycles. The molecule has 1 saturated carbocycles. The van der Waals surface area contributed by atoms with E-state index in [1.807, 2.05) is 0 Å². The van der Waals surface area contributed by atoms with Crippen LogP contribution in [0.4, 0.5) is 0 Å². The fraction of sp³-hybridized carbons (Fsp3) is 0.667. The molecule has 2 aliphatic rings. The van der Waals surface area contributed by atoms with Gasteiger partial charge < -0.3 is 4.90 Å². The van der Waals surface area contributed by atoms with Gasteiger partial charge >= 0.3 is 0 Å². The van der Waals surface area contributed by atoms with E-state index in [4.69, 9.17) is 0 Å². The molecule has 1 aliphatic heterocycles. The fourth-order valence-corrected chi connectivity index (χ4v) is 4.03. The van der Waals surface area contributed by atoms with Gasteiger partial charge in [0.2, 0.25) is 10.0 Å². The van der Waals surface area contributed by atoms with Crippen LogP contribution in [0.1, 0.15) is 30.7 Å². The topological polar surface area (TPSA) is 40.6 Å². The third-order valence-electron chi connectivity index (χ3n) is 5.43. The predicted octanol–water partition coefficient (Wildman–Crippen LogP) is 2.39. The Morgan fingerprint density at radius 1 is 1.17 bits per heavy atom. The SMILES string of the molecule is CN(CCN1CC(CC[C@@H]2C[C@H]2c2ccccc2)C1)S(C)(=O)=O. The maximum atomic E-state index is 11.4. The van der Waals surface area contributed by atoms with Crippen LogP contribution in [0.3, 0.4) is 0 Å². The summed E-state index contributed by atoms with van der Waals surface area (Å²) < 4.78 is 24.1. The Labute approximate surface area is 140 Å². The number of hydrogen-bond acceptors (Lipinski definition) is 3. The van der Waals surface area contributed by atoms with Crippen LogP contribution in [-0.4, -0.2) is 57.1 Å². The molecular formula is C18H28N2O2S. The fourth-order valence-electron chi connectivity index (χ4n) is 3.61. The van der Waals surface area contributed by atoms with E-state index in [1.165, 1.54) is 35.4 Å². The molecule has 0 spiro atoms. The summed E-state index contributed by atoms with van der Waals surface area (Å²) in [5.41, 5.74) is 1.51. The molecule has 1 aromatic rings. The van der Waals surface area contributed by atoms with E-state index < -0.39 is 10.0 Å². The second-order valence-corrected chi connectivity index (χ2v) is 9.39. The standard InChI is InChI=1S/C18H28N2O2S/c1-19(23(2,21)22)10-11-20-13-15(14-20)8-9-17-12-18(17)16-6-4-3-5-7-16/h3-7,15,17-18H,8-14H2,1-2H3/t17-,18+/m1/s1. The van der Waals surface area contributed by atoms with Gasteiger partial charge in [0.25, 0.3) is 0 Å². The van der Waals surface area contributed by atoms with Gasteiger partial charge in [0.15, 0.2) is 0 Å². The highest BCUT2D eigenvalue weighted by Gasteiger charge is 2.38. The molecule has 1 aromatic carbocycles. The molecule has 2 fully saturated rings. The molecule has 0 N–H and O–H groups in total. The maximum Gasteiger partial charge on any atom is 0.210 e. The lowest BCUT2D eigenvalue weighted by Crippen LogP contribution is -2.49. The second-order valence-electron chi connectivity index (χ2n) is 7.30. The molecular weight excluding hydrogens is 308 g/mol. The van der Waals surface area contributed by atoms with Crippen LogP contribution in [0.2, 0.25) is 0 Å². The average molecular weight is 337 g/mol. The number of hydrogen-bond donors (Lipinski definition) is 0. The number of benzene rings is 1. The van der Waals surface area contributed by atoms with Crippen molar-refractivity contribution in [3.63, 3.8) is 0 Å². The Morgan fingerprint density at radius 2 is 1.87 bits per heavy atom. The quantitative estimate of drug-likeness (QED) is 0.732. The van der Waals surface area contributed by atoms with Crippen LogP contribution in [0.25, 0.3) is 0 Å². The van der Waals surface area contributed by atoms with Crippen LogP contribution in [0.15, 0.2) is 30.3 Å². The number of likely N-dealkylation sites (tertiary alicyclic amines) is 1. The third-order valence-corrected chi connectivity index (χ3v) is 6.74. The van der Waals surface area contributed by atoms with E-state index >= 15 is 0 Å². The zero-order valence-electron chi connectivity index (χ0n) is 14.2. The third kappa shape index (κ3) is 4.55. The Kier molecular flexibility index (Phi) is 5.09. The molecule has 0 unspecified atom stereocenters. The smallest absolute Gasteiger partial charge is 0.210 e. The van der Waals surface area contributed by atoms with Gasteiger partial charge in [-0.2, -0.15) is 0 Å². The lowest BCUT2D eigenvalue weighted by molar-refractivity contribution is 0.0882. The lowest BCUT2D eigenvalue weighted by Gasteiger charge is -2.40. The van der Waals surface area contributed by atoms with E-state index in [9.17, 15) is 8.42 Å². The molecule has 5 heteroatoms. The van der Waals surface area contributed by atoms with Gasteiger partial charge in [0, 0.05) is 33.2 Å². The first-order valence-electron chi connectivity index (χ1n) is 8.62. The average Bonchev–Trinajstić information content (AvgIpc) is 3.24. The first-order chi connectivity index (χ1) is 10.9. The monoisotopic (exact) mass is 336 g/mol. The van der Waals surface area contributed by atoms with Crippen LogP contribution in [-0.2, 0) is 10.0 Å². The van der Waals surface area contributed by atoms with Crippen LogP contribution in [0, 0.1) is 11.8 Å². The highest BCUT2D eigenvalue weighted by Crippen LogP contribution is 2.50. The van der Waals surface area contributed by atoms with Crippen molar-refractivity contribution in [2.75, 3.05) is 39.5 Å². The first kappa shape index (κ1) is 16.9. The number of sulfonamides is 1. The number of likely N-dealkylation sites (N-methyl/N-ethyl adjacent to an activating group) is 1. The summed E-state index contributed by atoms with van der Waals surface area (Å²) in [5.74, 6) is 2.51. The van der Waals surface area contributed by atoms with Crippen molar-refractivity contribution in [2.24, 2.45) is 11.8 Å². The summed E-state index contributed by atoms with van der Waals surface area (Å²) in [4.78, 5) is 2.37. The van der Waals surface area contributed by atoms with Crippen LogP contribution >= 0.6 is 0 Å². The molecule has 3 rings (SSSR count). The van der Waals surface area contributed by atoms with E-state index in [0.717, 1.165) is 37.4 Å². The van der Waals surface area contributed by atoms with Gasteiger partial charge in [-0.1, -0.05) is 30.3 Å². The lowest BCUT2D eigenvalue weighted by atomic mass is 9.93. The largest absolute Gasteiger partial charge is 0.301 e. The molecule has 1 aliphatic carbocycles. The van der Waals surface area contributed by atoms with Crippen molar-refractivity contribution in [2.45, 2.75) is 25.2 Å². The van der Waals surface area contributed by atoms with Crippen molar-refractivity contribution < 1.29 is 8.42 Å². The Morgan fingerprint density at radius 3 is 2.52 bits per heavy atom. The molecule has 0 amide bonds. The van der Waals surface area contributed by atoms with Crippen molar-refractivity contribution in [1.82, 2.24) is 9.21 Å². The minimum absolute atomic E-state index is 0.601. The zero-order chi connectivity index (χ0) is 16.4. The van der Waals surface area contributed by atoms with Crippen molar-refractivity contribution in [3.8, 4) is 0 Å². The molecule has 0 bridgehead atoms. The van der Waals surface area contributed by atoms with Gasteiger partial charge in [-0.15, -0.1) is 0 Å². The Balaban J connectivity index is 1.29. The summed E-state index contributed by atoms with van der Waals surface area (Å²) in [6.07, 6.45) is 5.30. The molecule has 2 atom stereocenters. The van der Waals surface area contributed by atoms with Gasteiger partial charge in [-0.05, 0) is 42.6 Å². The Bertz CT molecular complexity index is 611. The molecule has 0 radical (unpaired) electrons. The molecule has 4 nitrogen and oxygen atoms in total. The van der Waals surface area contributed by atoms with Crippen molar-refractivity contribution in [3.05, 3.63) is 35.9 Å². The Hall–Kier alpha value is -0.910. The van der Waals surface area contributed by atoms with E-state index in [1.54, 1.807) is 7.05 Å². The summed E-state index contributed by atoms with van der Waals surface area (Å²) in [6.45, 7) is 3.74. The number of nitrogens with zero attached hydrogens (tertiary/aromatic N) is 2. The van der Waals surface area contributed by atoms with E-state index in [0.29, 0.717) is 6.54 Å². The summed E-state index contributed by atoms with van der Waals surface area (Å²) in [6, 6.07) is 10.9. The van der Waals surface area contributed by atoms with Crippen LogP contribution in [0.5, 0.6) is 0 Å². The highest BCUT2D eigenvalue weighted by atomic mass is 32.2. The minimum Gasteiger partial charge on any atom is -0.301 e. The summed E-state index contributed by atoms with van der Waals surface area (Å²) in [5, 5.41) is 0.